The van der Waals surface area contributed by atoms with Crippen LogP contribution in [-0.2, 0) is 11.0 Å². The molecule has 0 aliphatic carbocycles. The monoisotopic (exact) mass is 215 g/mol. The summed E-state index contributed by atoms with van der Waals surface area (Å²) in [5, 5.41) is 2.25. The summed E-state index contributed by atoms with van der Waals surface area (Å²) < 4.78 is 36.8. The van der Waals surface area contributed by atoms with E-state index in [2.05, 4.69) is 11.9 Å². The van der Waals surface area contributed by atoms with Gasteiger partial charge in [0.2, 0.25) is 5.91 Å². The predicted octanol–water partition coefficient (Wildman–Crippen LogP) is 2.83. The van der Waals surface area contributed by atoms with Gasteiger partial charge in [-0.1, -0.05) is 12.6 Å². The Kier molecular flexibility index (Phi) is 3.14. The number of nitrogens with one attached hydrogen (secondary N) is 1. The van der Waals surface area contributed by atoms with Crippen LogP contribution in [0.15, 0.2) is 36.9 Å². The molecule has 0 unspecified atom stereocenters. The van der Waals surface area contributed by atoms with Gasteiger partial charge in [0.25, 0.3) is 0 Å². The smallest absolute Gasteiger partial charge is 0.323 e. The van der Waals surface area contributed by atoms with E-state index in [4.69, 9.17) is 0 Å². The van der Waals surface area contributed by atoms with E-state index in [9.17, 15) is 18.0 Å². The van der Waals surface area contributed by atoms with Crippen LogP contribution in [-0.4, -0.2) is 5.91 Å². The maximum absolute atomic E-state index is 12.3. The molecule has 0 heterocycles. The van der Waals surface area contributed by atoms with Gasteiger partial charge < -0.3 is 5.32 Å². The van der Waals surface area contributed by atoms with Crippen molar-refractivity contribution in [2.24, 2.45) is 0 Å². The average molecular weight is 215 g/mol. The summed E-state index contributed by atoms with van der Waals surface area (Å²) in [7, 11) is 0. The summed E-state index contributed by atoms with van der Waals surface area (Å²) in [6.45, 7) is 3.19. The second-order valence-corrected chi connectivity index (χ2v) is 2.77. The topological polar surface area (TPSA) is 29.1 Å². The normalized spacial score (nSPS) is 10.9. The van der Waals surface area contributed by atoms with Crippen LogP contribution in [0.4, 0.5) is 18.9 Å². The van der Waals surface area contributed by atoms with Gasteiger partial charge in [-0.3, -0.25) is 4.79 Å². The fraction of sp³-hybridized carbons (Fsp3) is 0.100. The van der Waals surface area contributed by atoms with Crippen molar-refractivity contribution in [1.29, 1.82) is 0 Å². The molecular weight excluding hydrogens is 207 g/mol. The zero-order valence-electron chi connectivity index (χ0n) is 7.64. The standard InChI is InChI=1S/C10H8F3NO/c1-2-9(15)14-8-5-3-4-7(6-8)10(11,12)13/h2-6H,1H2,(H,14,15). The number of hydrogen-bond acceptors (Lipinski definition) is 1. The summed E-state index contributed by atoms with van der Waals surface area (Å²) in [5.74, 6) is -0.547. The summed E-state index contributed by atoms with van der Waals surface area (Å²) in [4.78, 5) is 10.8. The molecule has 0 aromatic heterocycles. The number of carbonyl (C=O) groups excluding carboxylic acids is 1. The van der Waals surface area contributed by atoms with E-state index in [0.717, 1.165) is 18.2 Å². The van der Waals surface area contributed by atoms with Gasteiger partial charge in [-0.25, -0.2) is 0 Å². The fourth-order valence-corrected chi connectivity index (χ4v) is 0.967. The Morgan fingerprint density at radius 3 is 2.60 bits per heavy atom. The van der Waals surface area contributed by atoms with Crippen molar-refractivity contribution >= 4 is 11.6 Å². The highest BCUT2D eigenvalue weighted by Gasteiger charge is 2.30. The van der Waals surface area contributed by atoms with Gasteiger partial charge in [-0.2, -0.15) is 13.2 Å². The average Bonchev–Trinajstić information content (AvgIpc) is 2.17. The van der Waals surface area contributed by atoms with Gasteiger partial charge in [0.15, 0.2) is 0 Å². The van der Waals surface area contributed by atoms with Gasteiger partial charge in [0.1, 0.15) is 0 Å². The molecule has 0 saturated carbocycles. The molecule has 2 nitrogen and oxygen atoms in total. The van der Waals surface area contributed by atoms with Gasteiger partial charge >= 0.3 is 6.18 Å². The lowest BCUT2D eigenvalue weighted by Gasteiger charge is -2.08. The lowest BCUT2D eigenvalue weighted by molar-refractivity contribution is -0.137. The molecule has 1 N–H and O–H groups in total. The molecule has 15 heavy (non-hydrogen) atoms. The number of amides is 1. The number of hydrogen-bond donors (Lipinski definition) is 1. The first kappa shape index (κ1) is 11.3. The van der Waals surface area contributed by atoms with E-state index >= 15 is 0 Å². The number of anilines is 1. The van der Waals surface area contributed by atoms with E-state index in [-0.39, 0.29) is 5.69 Å². The molecule has 1 aromatic carbocycles. The molecule has 1 amide bonds. The minimum atomic E-state index is -4.41. The Labute approximate surface area is 84.4 Å². The van der Waals surface area contributed by atoms with E-state index in [0.29, 0.717) is 0 Å². The Morgan fingerprint density at radius 2 is 2.07 bits per heavy atom. The second-order valence-electron chi connectivity index (χ2n) is 2.77. The third-order valence-electron chi connectivity index (χ3n) is 1.64. The second kappa shape index (κ2) is 4.16. The SMILES string of the molecule is C=CC(=O)Nc1cccc(C(F)(F)F)c1. The predicted molar refractivity (Wildman–Crippen MR) is 50.3 cm³/mol. The van der Waals surface area contributed by atoms with Crippen LogP contribution in [0.1, 0.15) is 5.56 Å². The van der Waals surface area contributed by atoms with Crippen molar-refractivity contribution in [3.8, 4) is 0 Å². The maximum atomic E-state index is 12.3. The molecule has 1 rings (SSSR count). The van der Waals surface area contributed by atoms with Crippen molar-refractivity contribution < 1.29 is 18.0 Å². The van der Waals surface area contributed by atoms with Crippen LogP contribution in [0.2, 0.25) is 0 Å². The van der Waals surface area contributed by atoms with E-state index in [1.807, 2.05) is 0 Å². The van der Waals surface area contributed by atoms with Crippen LogP contribution in [0, 0.1) is 0 Å². The molecule has 0 radical (unpaired) electrons. The molecule has 80 valence electrons. The Balaban J connectivity index is 2.93. The van der Waals surface area contributed by atoms with E-state index in [1.165, 1.54) is 12.1 Å². The van der Waals surface area contributed by atoms with Crippen molar-refractivity contribution in [3.63, 3.8) is 0 Å². The van der Waals surface area contributed by atoms with E-state index < -0.39 is 17.6 Å². The molecule has 0 aliphatic heterocycles. The first-order valence-corrected chi connectivity index (χ1v) is 4.04. The van der Waals surface area contributed by atoms with E-state index in [1.54, 1.807) is 0 Å². The quantitative estimate of drug-likeness (QED) is 0.755. The molecule has 0 bridgehead atoms. The van der Waals surface area contributed by atoms with Crippen molar-refractivity contribution in [3.05, 3.63) is 42.5 Å². The van der Waals surface area contributed by atoms with Crippen LogP contribution < -0.4 is 5.32 Å². The van der Waals surface area contributed by atoms with Gasteiger partial charge in [0.05, 0.1) is 5.56 Å². The largest absolute Gasteiger partial charge is 0.416 e. The van der Waals surface area contributed by atoms with Crippen LogP contribution in [0.25, 0.3) is 0 Å². The minimum absolute atomic E-state index is 0.0923. The molecule has 5 heteroatoms. The number of benzene rings is 1. The summed E-state index contributed by atoms with van der Waals surface area (Å²) in [6, 6.07) is 4.39. The molecule has 0 saturated heterocycles. The van der Waals surface area contributed by atoms with Crippen LogP contribution >= 0.6 is 0 Å². The maximum Gasteiger partial charge on any atom is 0.416 e. The highest BCUT2D eigenvalue weighted by atomic mass is 19.4. The molecule has 0 atom stereocenters. The lowest BCUT2D eigenvalue weighted by Crippen LogP contribution is -2.09. The Morgan fingerprint density at radius 1 is 1.40 bits per heavy atom. The number of halogens is 3. The molecule has 1 aromatic rings. The Hall–Kier alpha value is -1.78. The van der Waals surface area contributed by atoms with Gasteiger partial charge in [-0.15, -0.1) is 0 Å². The van der Waals surface area contributed by atoms with Gasteiger partial charge in [0, 0.05) is 5.69 Å². The fourth-order valence-electron chi connectivity index (χ4n) is 0.967. The van der Waals surface area contributed by atoms with Crippen molar-refractivity contribution in [2.45, 2.75) is 6.18 Å². The minimum Gasteiger partial charge on any atom is -0.323 e. The zero-order valence-corrected chi connectivity index (χ0v) is 7.64. The highest BCUT2D eigenvalue weighted by molar-refractivity contribution is 5.98. The number of carbonyl (C=O) groups is 1. The lowest BCUT2D eigenvalue weighted by atomic mass is 10.2. The number of alkyl halides is 3. The molecular formula is C10H8F3NO. The van der Waals surface area contributed by atoms with Gasteiger partial charge in [-0.05, 0) is 24.3 Å². The molecule has 0 aliphatic rings. The summed E-state index contributed by atoms with van der Waals surface area (Å²) in [5.41, 5.74) is -0.709. The third kappa shape index (κ3) is 3.12. The third-order valence-corrected chi connectivity index (χ3v) is 1.64. The number of rotatable bonds is 2. The van der Waals surface area contributed by atoms with Crippen LogP contribution in [0.5, 0.6) is 0 Å². The van der Waals surface area contributed by atoms with Crippen molar-refractivity contribution in [1.82, 2.24) is 0 Å². The molecule has 0 spiro atoms. The summed E-state index contributed by atoms with van der Waals surface area (Å²) in [6.07, 6.45) is -3.42. The van der Waals surface area contributed by atoms with Crippen molar-refractivity contribution in [2.75, 3.05) is 5.32 Å². The zero-order chi connectivity index (χ0) is 11.5. The summed E-state index contributed by atoms with van der Waals surface area (Å²) >= 11 is 0. The Bertz CT molecular complexity index is 384. The first-order valence-electron chi connectivity index (χ1n) is 4.04. The molecule has 0 fully saturated rings. The van der Waals surface area contributed by atoms with Crippen LogP contribution in [0.3, 0.4) is 0 Å². The first-order chi connectivity index (χ1) is 6.93. The highest BCUT2D eigenvalue weighted by Crippen LogP contribution is 2.30.